The maximum Gasteiger partial charge on any atom is 0 e. The standard InChI is InChI=1S/Ba.Co.Nb.Zn.2H. The molecule has 0 N–H and O–H groups in total. The summed E-state index contributed by atoms with van der Waals surface area (Å²) < 4.78 is 0. The van der Waals surface area contributed by atoms with Crippen molar-refractivity contribution in [2.75, 3.05) is 0 Å². The Morgan fingerprint density at radius 2 is 1.00 bits per heavy atom. The minimum absolute atomic E-state index is 0. The fourth-order valence-electron chi connectivity index (χ4n) is 0. The van der Waals surface area contributed by atoms with Crippen LogP contribution < -0.4 is 0 Å². The van der Waals surface area contributed by atoms with Crippen LogP contribution >= 0.6 is 0 Å². The topological polar surface area (TPSA) is 0 Å². The summed E-state index contributed by atoms with van der Waals surface area (Å²) in [5.41, 5.74) is 0. The van der Waals surface area contributed by atoms with E-state index in [9.17, 15) is 0 Å². The molecular formula is H2BaCoNbZn. The van der Waals surface area contributed by atoms with Crippen molar-refractivity contribution in [3.63, 3.8) is 0 Å². The predicted octanol–water partition coefficient (Wildman–Crippen LogP) is -0.924. The number of hydrogen-bond donors (Lipinski definition) is 0. The van der Waals surface area contributed by atoms with Crippen molar-refractivity contribution in [2.24, 2.45) is 0 Å². The van der Waals surface area contributed by atoms with Gasteiger partial charge < -0.3 is 0 Å². The van der Waals surface area contributed by atoms with Gasteiger partial charge in [-0.1, -0.05) is 0 Å². The van der Waals surface area contributed by atoms with Crippen LogP contribution in [0.4, 0.5) is 0 Å². The minimum atomic E-state index is 0. The Morgan fingerprint density at radius 3 is 1.00 bits per heavy atom. The third-order valence-corrected chi connectivity index (χ3v) is 0. The zero-order valence-electron chi connectivity index (χ0n) is 1.49. The van der Waals surface area contributed by atoms with Crippen molar-refractivity contribution < 1.29 is 58.6 Å². The summed E-state index contributed by atoms with van der Waals surface area (Å²) in [4.78, 5) is 0. The molecule has 0 aliphatic carbocycles. The number of rotatable bonds is 0. The first-order valence-electron chi connectivity index (χ1n) is 0. The van der Waals surface area contributed by atoms with E-state index in [0.717, 1.165) is 0 Å². The van der Waals surface area contributed by atoms with E-state index in [-0.39, 0.29) is 108 Å². The quantitative estimate of drug-likeness (QED) is 0.493. The normalized spacial score (nSPS) is 0. The molecule has 0 nitrogen and oxygen atoms in total. The van der Waals surface area contributed by atoms with Crippen LogP contribution in [0.5, 0.6) is 0 Å². The zero-order valence-corrected chi connectivity index (χ0v) is 7.69. The molecule has 0 aromatic carbocycles. The van der Waals surface area contributed by atoms with E-state index in [2.05, 4.69) is 0 Å². The molecule has 0 unspecified atom stereocenters. The molecule has 0 saturated carbocycles. The summed E-state index contributed by atoms with van der Waals surface area (Å²) in [7, 11) is 0. The van der Waals surface area contributed by atoms with Crippen molar-refractivity contribution >= 4 is 48.9 Å². The summed E-state index contributed by atoms with van der Waals surface area (Å²) in [6.45, 7) is 0. The number of hydrogen-bond acceptors (Lipinski definition) is 0. The van der Waals surface area contributed by atoms with E-state index < -0.39 is 0 Å². The molecule has 0 aliphatic heterocycles. The van der Waals surface area contributed by atoms with Crippen LogP contribution in [-0.4, -0.2) is 48.9 Å². The average Bonchev–Trinajstić information content (AvgIpc) is 0. The summed E-state index contributed by atoms with van der Waals surface area (Å²) in [5.74, 6) is 0. The Bertz CT molecular complexity index is 8.00. The molecule has 0 rings (SSSR count). The molecule has 0 fully saturated rings. The van der Waals surface area contributed by atoms with Crippen LogP contribution in [-0.2, 0) is 58.6 Å². The van der Waals surface area contributed by atoms with Gasteiger partial charge in [0.15, 0.2) is 0 Å². The van der Waals surface area contributed by atoms with Crippen LogP contribution in [0.1, 0.15) is 0 Å². The van der Waals surface area contributed by atoms with E-state index in [1.807, 2.05) is 0 Å². The summed E-state index contributed by atoms with van der Waals surface area (Å²) in [6.07, 6.45) is 0. The second-order valence-electron chi connectivity index (χ2n) is 0. The van der Waals surface area contributed by atoms with Gasteiger partial charge in [-0.15, -0.1) is 0 Å². The Balaban J connectivity index is 0. The smallest absolute Gasteiger partial charge is 0 e. The van der Waals surface area contributed by atoms with Crippen LogP contribution in [0.3, 0.4) is 0 Å². The average molecular weight is 357 g/mol. The van der Waals surface area contributed by atoms with E-state index in [1.54, 1.807) is 0 Å². The Hall–Kier alpha value is 3.44. The van der Waals surface area contributed by atoms with E-state index in [4.69, 9.17) is 0 Å². The predicted molar refractivity (Wildman–Crippen MR) is 8.54 cm³/mol. The van der Waals surface area contributed by atoms with Crippen molar-refractivity contribution in [1.29, 1.82) is 0 Å². The van der Waals surface area contributed by atoms with Crippen molar-refractivity contribution in [3.8, 4) is 0 Å². The molecule has 0 aromatic heterocycles. The van der Waals surface area contributed by atoms with Gasteiger partial charge in [0.2, 0.25) is 0 Å². The third-order valence-electron chi connectivity index (χ3n) is 0. The van der Waals surface area contributed by atoms with Gasteiger partial charge in [-0.05, 0) is 0 Å². The molecule has 0 heterocycles. The molecule has 20 valence electrons. The van der Waals surface area contributed by atoms with Gasteiger partial charge >= 0.3 is 48.9 Å². The minimum Gasteiger partial charge on any atom is 0 e. The van der Waals surface area contributed by atoms with E-state index in [1.165, 1.54) is 0 Å². The maximum absolute atomic E-state index is 0. The van der Waals surface area contributed by atoms with Gasteiger partial charge in [0.05, 0.1) is 0 Å². The largest absolute Gasteiger partial charge is 0 e. The van der Waals surface area contributed by atoms with Gasteiger partial charge in [-0.25, -0.2) is 0 Å². The second kappa shape index (κ2) is 16.1. The van der Waals surface area contributed by atoms with Crippen LogP contribution in [0.25, 0.3) is 0 Å². The Kier molecular flexibility index (Phi) is 105. The molecule has 0 amide bonds. The first-order chi connectivity index (χ1) is 0. The molecule has 0 aromatic rings. The van der Waals surface area contributed by atoms with Crippen LogP contribution in [0, 0.1) is 0 Å². The molecule has 0 spiro atoms. The zero-order chi connectivity index (χ0) is 0. The molecule has 0 atom stereocenters. The van der Waals surface area contributed by atoms with Gasteiger partial charge in [0.1, 0.15) is 0 Å². The molecule has 0 aliphatic rings. The molecule has 4 heteroatoms. The fraction of sp³-hybridized carbons (Fsp3) is 0. The third kappa shape index (κ3) is 9.06. The van der Waals surface area contributed by atoms with Gasteiger partial charge in [0, 0.05) is 58.6 Å². The molecule has 4 heavy (non-hydrogen) atoms. The second-order valence-corrected chi connectivity index (χ2v) is 0. The van der Waals surface area contributed by atoms with E-state index >= 15 is 0 Å². The summed E-state index contributed by atoms with van der Waals surface area (Å²) in [6, 6.07) is 0. The van der Waals surface area contributed by atoms with E-state index in [0.29, 0.717) is 0 Å². The van der Waals surface area contributed by atoms with Crippen molar-refractivity contribution in [3.05, 3.63) is 0 Å². The van der Waals surface area contributed by atoms with Crippen LogP contribution in [0.2, 0.25) is 0 Å². The van der Waals surface area contributed by atoms with Crippen LogP contribution in [0.15, 0.2) is 0 Å². The van der Waals surface area contributed by atoms with Crippen molar-refractivity contribution in [2.45, 2.75) is 0 Å². The first-order valence-corrected chi connectivity index (χ1v) is 0. The van der Waals surface area contributed by atoms with Crippen molar-refractivity contribution in [1.82, 2.24) is 0 Å². The molecular weight excluding hydrogens is 355 g/mol. The Morgan fingerprint density at radius 1 is 1.00 bits per heavy atom. The van der Waals surface area contributed by atoms with Gasteiger partial charge in [-0.2, -0.15) is 0 Å². The maximum atomic E-state index is 0. The molecule has 0 bridgehead atoms. The first kappa shape index (κ1) is 26.1. The van der Waals surface area contributed by atoms with Gasteiger partial charge in [0.25, 0.3) is 0 Å². The summed E-state index contributed by atoms with van der Waals surface area (Å²) in [5, 5.41) is 0. The molecule has 0 saturated heterocycles. The van der Waals surface area contributed by atoms with Gasteiger partial charge in [-0.3, -0.25) is 0 Å². The fourth-order valence-corrected chi connectivity index (χ4v) is 0. The SMILES string of the molecule is [BaH2].[Co].[Nb].[Zn]. The summed E-state index contributed by atoms with van der Waals surface area (Å²) >= 11 is 0. The Labute approximate surface area is 105 Å². The molecule has 2 radical (unpaired) electrons. The monoisotopic (exact) mass is 356 g/mol.